The third-order valence-electron chi connectivity index (χ3n) is 11.7. The number of fused-ring (bicyclic) bond motifs is 9. The van der Waals surface area contributed by atoms with Gasteiger partial charge < -0.3 is 14.2 Å². The molecule has 3 aromatic heterocycles. The molecule has 0 radical (unpaired) electrons. The molecule has 57 heavy (non-hydrogen) atoms. The summed E-state index contributed by atoms with van der Waals surface area (Å²) in [6.45, 7) is 0. The Hall–Kier alpha value is -7.28. The Balaban J connectivity index is 0.930. The van der Waals surface area contributed by atoms with Gasteiger partial charge in [0.15, 0.2) is 5.84 Å². The Labute approximate surface area is 329 Å². The fourth-order valence-electron chi connectivity index (χ4n) is 9.05. The smallest absolute Gasteiger partial charge is 0.159 e. The summed E-state index contributed by atoms with van der Waals surface area (Å²) in [5, 5.41) is 15.7. The number of amidine groups is 2. The molecule has 0 saturated carbocycles. The Kier molecular flexibility index (Phi) is 6.31. The molecule has 0 bridgehead atoms. The molecule has 5 nitrogen and oxygen atoms in total. The van der Waals surface area contributed by atoms with Gasteiger partial charge in [0.1, 0.15) is 34.3 Å². The maximum Gasteiger partial charge on any atom is 0.159 e. The van der Waals surface area contributed by atoms with E-state index >= 15 is 0 Å². The molecule has 1 aliphatic heterocycles. The van der Waals surface area contributed by atoms with Gasteiger partial charge in [0.25, 0.3) is 0 Å². The highest BCUT2D eigenvalue weighted by molar-refractivity contribution is 7.26. The van der Waals surface area contributed by atoms with Crippen molar-refractivity contribution in [2.45, 2.75) is 6.17 Å². The molecule has 12 aromatic rings. The zero-order chi connectivity index (χ0) is 37.2. The number of furan rings is 2. The van der Waals surface area contributed by atoms with Crippen molar-refractivity contribution in [3.63, 3.8) is 0 Å². The van der Waals surface area contributed by atoms with Crippen LogP contribution in [0, 0.1) is 0 Å². The van der Waals surface area contributed by atoms with Crippen molar-refractivity contribution in [2.24, 2.45) is 9.98 Å². The second kappa shape index (κ2) is 11.6. The van der Waals surface area contributed by atoms with E-state index in [-0.39, 0.29) is 6.17 Å². The summed E-state index contributed by atoms with van der Waals surface area (Å²) in [5.41, 5.74) is 8.87. The molecule has 266 valence electrons. The minimum Gasteiger partial charge on any atom is -0.456 e. The van der Waals surface area contributed by atoms with Gasteiger partial charge in [0, 0.05) is 58.4 Å². The van der Waals surface area contributed by atoms with Crippen LogP contribution in [-0.2, 0) is 0 Å². The van der Waals surface area contributed by atoms with Crippen LogP contribution in [0.4, 0.5) is 0 Å². The molecule has 0 spiro atoms. The first-order chi connectivity index (χ1) is 28.2. The van der Waals surface area contributed by atoms with Crippen LogP contribution in [0.2, 0.25) is 0 Å². The number of para-hydroxylation sites is 1. The predicted octanol–water partition coefficient (Wildman–Crippen LogP) is 13.8. The van der Waals surface area contributed by atoms with Crippen molar-refractivity contribution in [2.75, 3.05) is 0 Å². The van der Waals surface area contributed by atoms with Crippen molar-refractivity contribution in [3.8, 4) is 11.1 Å². The largest absolute Gasteiger partial charge is 0.456 e. The normalized spacial score (nSPS) is 14.8. The van der Waals surface area contributed by atoms with E-state index in [0.717, 1.165) is 66.8 Å². The van der Waals surface area contributed by atoms with Crippen molar-refractivity contribution < 1.29 is 8.83 Å². The van der Waals surface area contributed by atoms with E-state index in [4.69, 9.17) is 18.8 Å². The molecular weight excluding hydrogens is 719 g/mol. The van der Waals surface area contributed by atoms with E-state index in [2.05, 4.69) is 151 Å². The van der Waals surface area contributed by atoms with E-state index < -0.39 is 0 Å². The van der Waals surface area contributed by atoms with Crippen LogP contribution in [0.25, 0.3) is 96.7 Å². The molecule has 0 saturated heterocycles. The zero-order valence-corrected chi connectivity index (χ0v) is 31.1. The van der Waals surface area contributed by atoms with Crippen LogP contribution in [0.15, 0.2) is 183 Å². The van der Waals surface area contributed by atoms with Gasteiger partial charge in [0.05, 0.1) is 0 Å². The molecule has 1 atom stereocenters. The molecule has 0 amide bonds. The molecule has 4 heterocycles. The third kappa shape index (κ3) is 4.56. The summed E-state index contributed by atoms with van der Waals surface area (Å²) in [6.07, 6.45) is -0.351. The first-order valence-electron chi connectivity index (χ1n) is 19.2. The number of rotatable bonds is 4. The van der Waals surface area contributed by atoms with Gasteiger partial charge in [-0.2, -0.15) is 0 Å². The monoisotopic (exact) mass is 747 g/mol. The van der Waals surface area contributed by atoms with Crippen LogP contribution in [-0.4, -0.2) is 11.7 Å². The Bertz CT molecular complexity index is 3680. The maximum atomic E-state index is 6.31. The summed E-state index contributed by atoms with van der Waals surface area (Å²) in [7, 11) is 0. The van der Waals surface area contributed by atoms with Crippen molar-refractivity contribution in [3.05, 3.63) is 180 Å². The van der Waals surface area contributed by atoms with Gasteiger partial charge in [-0.25, -0.2) is 9.98 Å². The average Bonchev–Trinajstić information content (AvgIpc) is 3.97. The molecule has 13 rings (SSSR count). The summed E-state index contributed by atoms with van der Waals surface area (Å²) in [5.74, 6) is 1.44. The number of thiophene rings is 1. The second-order valence-electron chi connectivity index (χ2n) is 14.9. The van der Waals surface area contributed by atoms with E-state index in [0.29, 0.717) is 5.84 Å². The van der Waals surface area contributed by atoms with Gasteiger partial charge in [0.2, 0.25) is 0 Å². The van der Waals surface area contributed by atoms with Crippen LogP contribution in [0.1, 0.15) is 22.9 Å². The molecule has 6 heteroatoms. The minimum atomic E-state index is -0.351. The lowest BCUT2D eigenvalue weighted by Gasteiger charge is -2.24. The molecule has 0 fully saturated rings. The minimum absolute atomic E-state index is 0.351. The van der Waals surface area contributed by atoms with E-state index in [1.165, 1.54) is 52.5 Å². The summed E-state index contributed by atoms with van der Waals surface area (Å²) in [6, 6.07) is 57.9. The number of benzene rings is 9. The fraction of sp³-hybridized carbons (Fsp3) is 0.0196. The highest BCUT2D eigenvalue weighted by Gasteiger charge is 2.25. The Morgan fingerprint density at radius 3 is 1.91 bits per heavy atom. The van der Waals surface area contributed by atoms with Crippen molar-refractivity contribution in [1.29, 1.82) is 0 Å². The number of hydrogen-bond acceptors (Lipinski definition) is 6. The highest BCUT2D eigenvalue weighted by atomic mass is 32.1. The quantitative estimate of drug-likeness (QED) is 0.182. The van der Waals surface area contributed by atoms with E-state index in [1.54, 1.807) is 0 Å². The van der Waals surface area contributed by atoms with E-state index in [9.17, 15) is 0 Å². The standard InChI is InChI=1S/C51H29N3O2S/c1-3-14-41-33(8-1)34-25-23-31(27-44(34)55-41)50-52-49(53-51(54-50)39-13-5-12-38-35-9-2-4-17-45(35)57-48(38)39)29-20-18-28(19-21-29)30-22-24-32-36-10-6-15-42-46(36)47-37(40(32)26-30)11-7-16-43(47)56-42/h1-27,51H,(H,52,53,54). The number of nitrogens with one attached hydrogen (secondary N) is 1. The third-order valence-corrected chi connectivity index (χ3v) is 13.0. The lowest BCUT2D eigenvalue weighted by atomic mass is 9.92. The molecule has 0 aliphatic carbocycles. The van der Waals surface area contributed by atoms with Crippen LogP contribution in [0.3, 0.4) is 0 Å². The first-order valence-corrected chi connectivity index (χ1v) is 20.0. The second-order valence-corrected chi connectivity index (χ2v) is 15.9. The summed E-state index contributed by atoms with van der Waals surface area (Å²) < 4.78 is 15.1. The van der Waals surface area contributed by atoms with Gasteiger partial charge in [-0.3, -0.25) is 0 Å². The number of nitrogens with zero attached hydrogens (tertiary/aromatic N) is 2. The topological polar surface area (TPSA) is 63.0 Å². The zero-order valence-electron chi connectivity index (χ0n) is 30.3. The number of aliphatic imine (C=N–C) groups is 2. The van der Waals surface area contributed by atoms with Crippen LogP contribution < -0.4 is 5.32 Å². The van der Waals surface area contributed by atoms with Crippen molar-refractivity contribution >= 4 is 109 Å². The van der Waals surface area contributed by atoms with Gasteiger partial charge in [-0.1, -0.05) is 121 Å². The molecular formula is C51H29N3O2S. The average molecular weight is 748 g/mol. The van der Waals surface area contributed by atoms with Crippen LogP contribution in [0.5, 0.6) is 0 Å². The van der Waals surface area contributed by atoms with Gasteiger partial charge >= 0.3 is 0 Å². The SMILES string of the molecule is c1ccc2c(c1)oc1cc(C3=NC(c4cccc5c4sc4ccccc45)NC(c4ccc(-c5ccc6c(c5)c5cccc7oc8cccc6c8c75)cc4)=N3)ccc12. The number of hydrogen-bond donors (Lipinski definition) is 1. The molecule has 9 aromatic carbocycles. The fourth-order valence-corrected chi connectivity index (χ4v) is 10.3. The summed E-state index contributed by atoms with van der Waals surface area (Å²) in [4.78, 5) is 10.5. The lowest BCUT2D eigenvalue weighted by Crippen LogP contribution is -2.33. The Morgan fingerprint density at radius 2 is 1.05 bits per heavy atom. The predicted molar refractivity (Wildman–Crippen MR) is 237 cm³/mol. The molecule has 1 aliphatic rings. The summed E-state index contributed by atoms with van der Waals surface area (Å²) >= 11 is 1.81. The van der Waals surface area contributed by atoms with Gasteiger partial charge in [-0.15, -0.1) is 11.3 Å². The highest BCUT2D eigenvalue weighted by Crippen LogP contribution is 2.44. The lowest BCUT2D eigenvalue weighted by molar-refractivity contribution is 0.668. The molecule has 1 unspecified atom stereocenters. The van der Waals surface area contributed by atoms with Crippen molar-refractivity contribution in [1.82, 2.24) is 5.32 Å². The van der Waals surface area contributed by atoms with E-state index in [1.807, 2.05) is 29.5 Å². The first kappa shape index (κ1) is 31.0. The maximum absolute atomic E-state index is 6.31. The van der Waals surface area contributed by atoms with Crippen LogP contribution >= 0.6 is 11.3 Å². The van der Waals surface area contributed by atoms with Gasteiger partial charge in [-0.05, 0) is 75.1 Å². The molecule has 1 N–H and O–H groups in total. The Morgan fingerprint density at radius 1 is 0.439 bits per heavy atom.